The minimum Gasteiger partial charge on any atom is -0.232 e. The molecular weight excluding hydrogens is 56.0 g/mol. The van der Waals surface area contributed by atoms with Crippen molar-refractivity contribution >= 4 is 0 Å². The Bertz CT molecular complexity index is 20.0. The van der Waals surface area contributed by atoms with Gasteiger partial charge in [-0.2, -0.15) is 0 Å². The molecule has 1 N–H and O–H groups in total. The zero-order valence-corrected chi connectivity index (χ0v) is 2.06. The monoisotopic (exact) mass is 59.0 g/mol. The van der Waals surface area contributed by atoms with E-state index in [-0.39, 0.29) is 6.67 Å². The molecule has 0 amide bonds. The third-order valence-electron chi connectivity index (χ3n) is 0.0645. The lowest BCUT2D eigenvalue weighted by molar-refractivity contribution is 1.02. The van der Waals surface area contributed by atoms with Crippen LogP contribution in [0.15, 0.2) is 5.18 Å². The molecule has 0 aromatic carbocycles. The van der Waals surface area contributed by atoms with Crippen molar-refractivity contribution in [1.29, 1.82) is 0 Å². The second-order valence-corrected chi connectivity index (χ2v) is 0.287. The first-order valence-corrected chi connectivity index (χ1v) is 0.852. The van der Waals surface area contributed by atoms with Gasteiger partial charge in [0.1, 0.15) is 6.67 Å². The molecule has 0 aliphatic heterocycles. The van der Waals surface area contributed by atoms with Crippen LogP contribution in [-0.4, -0.2) is 6.67 Å². The van der Waals surface area contributed by atoms with Gasteiger partial charge in [-0.15, -0.1) is 4.91 Å². The summed E-state index contributed by atoms with van der Waals surface area (Å²) in [4.78, 5) is 8.74. The summed E-state index contributed by atoms with van der Waals surface area (Å²) in [6.45, 7) is -0.361. The quantitative estimate of drug-likeness (QED) is 0.392. The van der Waals surface area contributed by atoms with Crippen LogP contribution in [0.4, 0.5) is 0 Å². The SMILES string of the molecule is [NH]CN=O. The number of nitrogens with one attached hydrogen (secondary N) is 1. The predicted molar refractivity (Wildman–Crippen MR) is 13.8 cm³/mol. The van der Waals surface area contributed by atoms with E-state index in [9.17, 15) is 0 Å². The lowest BCUT2D eigenvalue weighted by Crippen LogP contribution is -1.68. The Morgan fingerprint density at radius 2 is 2.25 bits per heavy atom. The summed E-state index contributed by atoms with van der Waals surface area (Å²) < 4.78 is 0. The molecular formula is CH3N2O. The summed E-state index contributed by atoms with van der Waals surface area (Å²) >= 11 is 0. The zero-order valence-electron chi connectivity index (χ0n) is 2.06. The molecule has 23 valence electrons. The van der Waals surface area contributed by atoms with E-state index in [1.807, 2.05) is 0 Å². The Balaban J connectivity index is 2.30. The average Bonchev–Trinajstić information content (AvgIpc) is 1.37. The number of nitroso groups, excluding NO2 is 1. The van der Waals surface area contributed by atoms with Crippen LogP contribution in [0.5, 0.6) is 0 Å². The van der Waals surface area contributed by atoms with Crippen molar-refractivity contribution < 1.29 is 0 Å². The van der Waals surface area contributed by atoms with E-state index in [4.69, 9.17) is 10.6 Å². The van der Waals surface area contributed by atoms with Crippen LogP contribution in [0, 0.1) is 4.91 Å². The van der Waals surface area contributed by atoms with Crippen LogP contribution in [0.25, 0.3) is 0 Å². The second kappa shape index (κ2) is 2.56. The van der Waals surface area contributed by atoms with E-state index in [0.717, 1.165) is 0 Å². The number of hydrogen-bond acceptors (Lipinski definition) is 2. The van der Waals surface area contributed by atoms with Crippen molar-refractivity contribution in [2.75, 3.05) is 6.67 Å². The molecule has 3 nitrogen and oxygen atoms in total. The van der Waals surface area contributed by atoms with Gasteiger partial charge in [0.25, 0.3) is 0 Å². The largest absolute Gasteiger partial charge is 0.232 e. The molecule has 3 heteroatoms. The number of rotatable bonds is 1. The first-order valence-electron chi connectivity index (χ1n) is 0.852. The molecule has 0 aromatic rings. The van der Waals surface area contributed by atoms with Crippen molar-refractivity contribution in [2.24, 2.45) is 5.18 Å². The Kier molecular flexibility index (Phi) is 2.28. The molecule has 0 unspecified atom stereocenters. The smallest absolute Gasteiger partial charge is 0.143 e. The van der Waals surface area contributed by atoms with Gasteiger partial charge in [-0.25, -0.2) is 5.73 Å². The second-order valence-electron chi connectivity index (χ2n) is 0.287. The predicted octanol–water partition coefficient (Wildman–Crippen LogP) is -0.00680. The summed E-state index contributed by atoms with van der Waals surface area (Å²) in [6, 6.07) is 0. The van der Waals surface area contributed by atoms with Crippen molar-refractivity contribution in [2.45, 2.75) is 0 Å². The normalized spacial score (nSPS) is 6.25. The van der Waals surface area contributed by atoms with Crippen molar-refractivity contribution in [3.05, 3.63) is 4.91 Å². The van der Waals surface area contributed by atoms with E-state index in [0.29, 0.717) is 0 Å². The zero-order chi connectivity index (χ0) is 3.41. The van der Waals surface area contributed by atoms with Gasteiger partial charge in [0.05, 0.1) is 0 Å². The summed E-state index contributed by atoms with van der Waals surface area (Å²) in [6.07, 6.45) is 0. The van der Waals surface area contributed by atoms with Crippen LogP contribution >= 0.6 is 0 Å². The Morgan fingerprint density at radius 1 is 2.00 bits per heavy atom. The van der Waals surface area contributed by atoms with Gasteiger partial charge in [-0.3, -0.25) is 0 Å². The minimum absolute atomic E-state index is 0.361. The van der Waals surface area contributed by atoms with E-state index in [2.05, 4.69) is 5.18 Å². The molecule has 0 rings (SSSR count). The van der Waals surface area contributed by atoms with Crippen molar-refractivity contribution in [3.8, 4) is 0 Å². The molecule has 0 aliphatic carbocycles. The van der Waals surface area contributed by atoms with E-state index in [1.54, 1.807) is 0 Å². The van der Waals surface area contributed by atoms with Gasteiger partial charge in [-0.1, -0.05) is 5.18 Å². The van der Waals surface area contributed by atoms with Crippen molar-refractivity contribution in [3.63, 3.8) is 0 Å². The molecule has 4 heavy (non-hydrogen) atoms. The maximum Gasteiger partial charge on any atom is 0.143 e. The highest BCUT2D eigenvalue weighted by Gasteiger charge is 1.51. The first-order chi connectivity index (χ1) is 1.91. The van der Waals surface area contributed by atoms with Crippen LogP contribution in [0.3, 0.4) is 0 Å². The van der Waals surface area contributed by atoms with Crippen LogP contribution in [-0.2, 0) is 0 Å². The van der Waals surface area contributed by atoms with Crippen LogP contribution < -0.4 is 5.73 Å². The minimum atomic E-state index is -0.361. The maximum absolute atomic E-state index is 8.74. The van der Waals surface area contributed by atoms with E-state index in [1.165, 1.54) is 0 Å². The highest BCUT2D eigenvalue weighted by molar-refractivity contribution is 4.16. The van der Waals surface area contributed by atoms with Crippen molar-refractivity contribution in [1.82, 2.24) is 5.73 Å². The lowest BCUT2D eigenvalue weighted by atomic mass is 11.3. The third-order valence-corrected chi connectivity index (χ3v) is 0.0645. The molecule has 0 heterocycles. The van der Waals surface area contributed by atoms with Gasteiger partial charge in [-0.05, 0) is 0 Å². The Hall–Kier alpha value is -0.440. The molecule has 0 saturated heterocycles. The molecule has 0 aliphatic rings. The van der Waals surface area contributed by atoms with Gasteiger partial charge in [0.15, 0.2) is 0 Å². The highest BCUT2D eigenvalue weighted by Crippen LogP contribution is 1.44. The van der Waals surface area contributed by atoms with Gasteiger partial charge in [0.2, 0.25) is 0 Å². The fourth-order valence-electron chi connectivity index (χ4n) is 0. The molecule has 1 radical (unpaired) electrons. The van der Waals surface area contributed by atoms with Crippen LogP contribution in [0.2, 0.25) is 0 Å². The topological polar surface area (TPSA) is 53.2 Å². The molecule has 0 atom stereocenters. The number of hydrogen-bond donors (Lipinski definition) is 0. The Morgan fingerprint density at radius 3 is 2.25 bits per heavy atom. The third kappa shape index (κ3) is 1.56. The Labute approximate surface area is 23.8 Å². The van der Waals surface area contributed by atoms with E-state index >= 15 is 0 Å². The maximum atomic E-state index is 8.74. The van der Waals surface area contributed by atoms with Gasteiger partial charge >= 0.3 is 0 Å². The highest BCUT2D eigenvalue weighted by atomic mass is 16.3. The molecule has 0 aromatic heterocycles. The summed E-state index contributed by atoms with van der Waals surface area (Å²) in [5.41, 5.74) is 5.97. The summed E-state index contributed by atoms with van der Waals surface area (Å²) in [7, 11) is 0. The lowest BCUT2D eigenvalue weighted by Gasteiger charge is -1.53. The molecule has 0 saturated carbocycles. The summed E-state index contributed by atoms with van der Waals surface area (Å²) in [5.74, 6) is 0. The molecule has 0 fully saturated rings. The molecule has 0 bridgehead atoms. The fourth-order valence-corrected chi connectivity index (χ4v) is 0. The van der Waals surface area contributed by atoms with Gasteiger partial charge < -0.3 is 0 Å². The van der Waals surface area contributed by atoms with Crippen LogP contribution in [0.1, 0.15) is 0 Å². The standard InChI is InChI=1S/CH3N2O/c2-1-3-4/h2H,1H2. The van der Waals surface area contributed by atoms with E-state index < -0.39 is 0 Å². The van der Waals surface area contributed by atoms with Gasteiger partial charge in [0, 0.05) is 0 Å². The summed E-state index contributed by atoms with van der Waals surface area (Å²) in [5, 5.41) is 2.15. The molecule has 0 spiro atoms. The average molecular weight is 59.0 g/mol. The first kappa shape index (κ1) is 3.56. The number of nitrogens with zero attached hydrogens (tertiary/aromatic N) is 1. The fraction of sp³-hybridized carbons (Fsp3) is 1.00.